The summed E-state index contributed by atoms with van der Waals surface area (Å²) in [7, 11) is 0. The minimum absolute atomic E-state index is 0.268. The minimum Gasteiger partial charge on any atom is -0.396 e. The highest BCUT2D eigenvalue weighted by molar-refractivity contribution is 7.17. The lowest BCUT2D eigenvalue weighted by atomic mass is 10.1. The third-order valence-electron chi connectivity index (χ3n) is 3.35. The number of pyridine rings is 1. The van der Waals surface area contributed by atoms with E-state index in [1.165, 1.54) is 17.5 Å². The van der Waals surface area contributed by atoms with Crippen molar-refractivity contribution in [2.24, 2.45) is 5.73 Å². The number of nitrogens with one attached hydrogen (secondary N) is 2. The van der Waals surface area contributed by atoms with Crippen molar-refractivity contribution in [3.63, 3.8) is 0 Å². The second kappa shape index (κ2) is 7.47. The Morgan fingerprint density at radius 1 is 1.24 bits per heavy atom. The molecule has 0 unspecified atom stereocenters. The number of nitrogen functional groups attached to an aromatic ring is 1. The van der Waals surface area contributed by atoms with Gasteiger partial charge in [-0.2, -0.15) is 0 Å². The fraction of sp³-hybridized carbons (Fsp3) is 0.0625. The number of amides is 1. The molecule has 0 radical (unpaired) electrons. The van der Waals surface area contributed by atoms with E-state index in [0.717, 1.165) is 5.56 Å². The maximum absolute atomic E-state index is 12.5. The molecule has 1 aromatic carbocycles. The predicted molar refractivity (Wildman–Crippen MR) is 101 cm³/mol. The average Bonchev–Trinajstić information content (AvgIpc) is 3.07. The number of aromatic nitrogens is 2. The maximum atomic E-state index is 12.5. The van der Waals surface area contributed by atoms with Gasteiger partial charge in [0.25, 0.3) is 5.91 Å². The number of hydrogen-bond acceptors (Lipinski definition) is 7. The summed E-state index contributed by atoms with van der Waals surface area (Å²) in [6.07, 6.45) is 3.09. The van der Waals surface area contributed by atoms with Gasteiger partial charge in [0, 0.05) is 12.7 Å². The number of halogens is 1. The van der Waals surface area contributed by atoms with Crippen LogP contribution in [0.2, 0.25) is 5.02 Å². The van der Waals surface area contributed by atoms with Crippen molar-refractivity contribution in [1.82, 2.24) is 9.97 Å². The molecule has 3 aromatic rings. The molecule has 7 nitrogen and oxygen atoms in total. The summed E-state index contributed by atoms with van der Waals surface area (Å²) in [5.41, 5.74) is 13.3. The van der Waals surface area contributed by atoms with E-state index in [-0.39, 0.29) is 12.5 Å². The van der Waals surface area contributed by atoms with E-state index < -0.39 is 0 Å². The number of carbonyl (C=O) groups excluding carboxylic acids is 1. The van der Waals surface area contributed by atoms with Crippen LogP contribution in [-0.4, -0.2) is 15.9 Å². The monoisotopic (exact) mass is 374 g/mol. The molecule has 2 heterocycles. The molecule has 0 fully saturated rings. The molecule has 0 aliphatic heterocycles. The molecule has 0 aliphatic rings. The fourth-order valence-corrected chi connectivity index (χ4v) is 3.07. The Balaban J connectivity index is 1.77. The Labute approximate surface area is 153 Å². The largest absolute Gasteiger partial charge is 0.396 e. The summed E-state index contributed by atoms with van der Waals surface area (Å²) in [5.74, 6) is 0.169. The average molecular weight is 375 g/mol. The summed E-state index contributed by atoms with van der Waals surface area (Å²) >= 11 is 7.33. The molecule has 3 rings (SSSR count). The van der Waals surface area contributed by atoms with Crippen LogP contribution in [0, 0.1) is 0 Å². The van der Waals surface area contributed by atoms with Gasteiger partial charge in [-0.1, -0.05) is 35.1 Å². The summed E-state index contributed by atoms with van der Waals surface area (Å²) in [6.45, 7) is 0.268. The van der Waals surface area contributed by atoms with Crippen LogP contribution >= 0.6 is 22.9 Å². The smallest absolute Gasteiger partial charge is 0.267 e. The van der Waals surface area contributed by atoms with Gasteiger partial charge in [-0.15, -0.1) is 0 Å². The zero-order valence-electron chi connectivity index (χ0n) is 13.0. The van der Waals surface area contributed by atoms with Crippen molar-refractivity contribution >= 4 is 51.2 Å². The van der Waals surface area contributed by atoms with Crippen LogP contribution in [-0.2, 0) is 6.54 Å². The van der Waals surface area contributed by atoms with Crippen LogP contribution in [0.25, 0.3) is 0 Å². The quantitative estimate of drug-likeness (QED) is 0.544. The highest BCUT2D eigenvalue weighted by Crippen LogP contribution is 2.28. The summed E-state index contributed by atoms with van der Waals surface area (Å²) in [5, 5.41) is 6.72. The van der Waals surface area contributed by atoms with Gasteiger partial charge in [-0.3, -0.25) is 4.79 Å². The number of nitrogens with two attached hydrogens (primary N) is 2. The number of anilines is 4. The first-order valence-corrected chi connectivity index (χ1v) is 8.50. The molecule has 9 heteroatoms. The molecule has 0 atom stereocenters. The highest BCUT2D eigenvalue weighted by atomic mass is 35.5. The van der Waals surface area contributed by atoms with Gasteiger partial charge in [-0.25, -0.2) is 9.97 Å². The fourth-order valence-electron chi connectivity index (χ4n) is 2.11. The number of para-hydroxylation sites is 1. The third-order valence-corrected chi connectivity index (χ3v) is 4.58. The van der Waals surface area contributed by atoms with Crippen LogP contribution in [0.3, 0.4) is 0 Å². The van der Waals surface area contributed by atoms with E-state index in [1.54, 1.807) is 30.5 Å². The van der Waals surface area contributed by atoms with E-state index in [0.29, 0.717) is 32.2 Å². The van der Waals surface area contributed by atoms with Crippen molar-refractivity contribution in [3.8, 4) is 0 Å². The van der Waals surface area contributed by atoms with Crippen molar-refractivity contribution < 1.29 is 4.79 Å². The van der Waals surface area contributed by atoms with Crippen LogP contribution in [0.15, 0.2) is 42.7 Å². The molecule has 25 heavy (non-hydrogen) atoms. The van der Waals surface area contributed by atoms with Gasteiger partial charge in [0.1, 0.15) is 4.88 Å². The van der Waals surface area contributed by atoms with Gasteiger partial charge < -0.3 is 22.1 Å². The summed E-state index contributed by atoms with van der Waals surface area (Å²) < 4.78 is 0. The van der Waals surface area contributed by atoms with E-state index in [9.17, 15) is 4.79 Å². The van der Waals surface area contributed by atoms with Gasteiger partial charge in [-0.05, 0) is 23.8 Å². The van der Waals surface area contributed by atoms with E-state index in [2.05, 4.69) is 20.6 Å². The zero-order chi connectivity index (χ0) is 17.8. The number of nitrogens with zero attached hydrogens (tertiary/aromatic N) is 2. The second-order valence-corrected chi connectivity index (χ2v) is 6.47. The van der Waals surface area contributed by atoms with Gasteiger partial charge in [0.05, 0.1) is 22.6 Å². The molecule has 2 aromatic heterocycles. The summed E-state index contributed by atoms with van der Waals surface area (Å²) in [4.78, 5) is 21.2. The maximum Gasteiger partial charge on any atom is 0.267 e. The molecule has 0 spiro atoms. The first-order chi connectivity index (χ1) is 12.1. The van der Waals surface area contributed by atoms with Gasteiger partial charge >= 0.3 is 0 Å². The van der Waals surface area contributed by atoms with Crippen LogP contribution in [0.4, 0.5) is 22.3 Å². The van der Waals surface area contributed by atoms with E-state index in [4.69, 9.17) is 23.1 Å². The summed E-state index contributed by atoms with van der Waals surface area (Å²) in [6, 6.07) is 8.75. The van der Waals surface area contributed by atoms with Gasteiger partial charge in [0.2, 0.25) is 0 Å². The van der Waals surface area contributed by atoms with E-state index in [1.807, 2.05) is 6.07 Å². The molecule has 128 valence electrons. The molecule has 6 N–H and O–H groups in total. The first-order valence-electron chi connectivity index (χ1n) is 7.30. The third kappa shape index (κ3) is 3.87. The van der Waals surface area contributed by atoms with Crippen LogP contribution in [0.1, 0.15) is 15.2 Å². The molecular formula is C16H15ClN6OS. The Morgan fingerprint density at radius 3 is 2.84 bits per heavy atom. The van der Waals surface area contributed by atoms with Crippen molar-refractivity contribution in [2.75, 3.05) is 16.4 Å². The Kier molecular flexibility index (Phi) is 5.13. The van der Waals surface area contributed by atoms with Crippen molar-refractivity contribution in [3.05, 3.63) is 58.2 Å². The zero-order valence-corrected chi connectivity index (χ0v) is 14.6. The molecular weight excluding hydrogens is 360 g/mol. The van der Waals surface area contributed by atoms with Crippen molar-refractivity contribution in [1.29, 1.82) is 0 Å². The molecule has 1 amide bonds. The number of hydrogen-bond donors (Lipinski definition) is 4. The first kappa shape index (κ1) is 17.2. The molecule has 0 bridgehead atoms. The standard InChI is InChI=1S/C16H15ClN6OS/c17-10-4-1-3-9(7-18)13(10)22-15(24)12-8-21-16(25-12)23-14-11(19)5-2-6-20-14/h1-6,8H,7,18-19H2,(H,22,24)(H,20,21,23). The Morgan fingerprint density at radius 2 is 2.08 bits per heavy atom. The lowest BCUT2D eigenvalue weighted by molar-refractivity contribution is 0.103. The molecule has 0 saturated heterocycles. The number of rotatable bonds is 5. The van der Waals surface area contributed by atoms with Gasteiger partial charge in [0.15, 0.2) is 10.9 Å². The number of carbonyl (C=O) groups is 1. The second-order valence-electron chi connectivity index (χ2n) is 5.03. The molecule has 0 saturated carbocycles. The van der Waals surface area contributed by atoms with Crippen LogP contribution < -0.4 is 22.1 Å². The van der Waals surface area contributed by atoms with Crippen LogP contribution in [0.5, 0.6) is 0 Å². The number of benzene rings is 1. The lowest BCUT2D eigenvalue weighted by Crippen LogP contribution is -2.13. The highest BCUT2D eigenvalue weighted by Gasteiger charge is 2.15. The van der Waals surface area contributed by atoms with E-state index >= 15 is 0 Å². The number of thiazole rings is 1. The Hall–Kier alpha value is -2.68. The predicted octanol–water partition coefficient (Wildman–Crippen LogP) is 3.23. The molecule has 0 aliphatic carbocycles. The normalized spacial score (nSPS) is 10.5. The van der Waals surface area contributed by atoms with Crippen molar-refractivity contribution in [2.45, 2.75) is 6.54 Å². The SMILES string of the molecule is NCc1cccc(Cl)c1NC(=O)c1cnc(Nc2ncccc2N)s1. The lowest BCUT2D eigenvalue weighted by Gasteiger charge is -2.10. The minimum atomic E-state index is -0.317. The Bertz CT molecular complexity index is 913. The topological polar surface area (TPSA) is 119 Å².